The van der Waals surface area contributed by atoms with Crippen molar-refractivity contribution in [2.24, 2.45) is 11.1 Å². The Morgan fingerprint density at radius 2 is 1.85 bits per heavy atom. The van der Waals surface area contributed by atoms with Gasteiger partial charge in [-0.3, -0.25) is 4.79 Å². The molecule has 0 spiro atoms. The monoisotopic (exact) mass is 279 g/mol. The maximum Gasteiger partial charge on any atom is 0.306 e. The molecule has 2 N–H and O–H groups in total. The smallest absolute Gasteiger partial charge is 0.306 e. The standard InChI is InChI=1S/C16H25NO3/c1-16(2,10-11-17)9-8-15(18)20-12-13-4-6-14(19-3)7-5-13/h4-7H,8-12,17H2,1-3H3. The van der Waals surface area contributed by atoms with Crippen molar-refractivity contribution in [1.82, 2.24) is 0 Å². The highest BCUT2D eigenvalue weighted by atomic mass is 16.5. The summed E-state index contributed by atoms with van der Waals surface area (Å²) in [4.78, 5) is 11.7. The van der Waals surface area contributed by atoms with Crippen LogP contribution < -0.4 is 10.5 Å². The molecule has 0 aliphatic heterocycles. The fourth-order valence-corrected chi connectivity index (χ4v) is 1.91. The zero-order chi connectivity index (χ0) is 15.0. The van der Waals surface area contributed by atoms with Gasteiger partial charge in [-0.2, -0.15) is 0 Å². The number of nitrogens with two attached hydrogens (primary N) is 1. The minimum atomic E-state index is -0.161. The Morgan fingerprint density at radius 3 is 2.40 bits per heavy atom. The number of esters is 1. The largest absolute Gasteiger partial charge is 0.497 e. The summed E-state index contributed by atoms with van der Waals surface area (Å²) in [6.45, 7) is 5.20. The summed E-state index contributed by atoms with van der Waals surface area (Å²) in [6, 6.07) is 7.50. The molecule has 0 saturated carbocycles. The number of rotatable bonds is 8. The van der Waals surface area contributed by atoms with E-state index in [4.69, 9.17) is 15.2 Å². The van der Waals surface area contributed by atoms with E-state index in [2.05, 4.69) is 13.8 Å². The van der Waals surface area contributed by atoms with Gasteiger partial charge in [-0.25, -0.2) is 0 Å². The Morgan fingerprint density at radius 1 is 1.20 bits per heavy atom. The lowest BCUT2D eigenvalue weighted by molar-refractivity contribution is -0.145. The lowest BCUT2D eigenvalue weighted by Gasteiger charge is -2.23. The number of benzene rings is 1. The number of hydrogen-bond donors (Lipinski definition) is 1. The van der Waals surface area contributed by atoms with Gasteiger partial charge < -0.3 is 15.2 Å². The first-order valence-electron chi connectivity index (χ1n) is 6.95. The molecular weight excluding hydrogens is 254 g/mol. The van der Waals surface area contributed by atoms with E-state index in [1.165, 1.54) is 0 Å². The number of carbonyl (C=O) groups excluding carboxylic acids is 1. The van der Waals surface area contributed by atoms with Crippen molar-refractivity contribution in [3.05, 3.63) is 29.8 Å². The molecule has 4 nitrogen and oxygen atoms in total. The number of carbonyl (C=O) groups is 1. The van der Waals surface area contributed by atoms with Crippen molar-refractivity contribution < 1.29 is 14.3 Å². The summed E-state index contributed by atoms with van der Waals surface area (Å²) >= 11 is 0. The van der Waals surface area contributed by atoms with E-state index in [-0.39, 0.29) is 11.4 Å². The first-order valence-corrected chi connectivity index (χ1v) is 6.95. The van der Waals surface area contributed by atoms with Crippen LogP contribution in [0.2, 0.25) is 0 Å². The second-order valence-electron chi connectivity index (χ2n) is 5.71. The number of ether oxygens (including phenoxy) is 2. The molecule has 1 aromatic carbocycles. The maximum atomic E-state index is 11.7. The van der Waals surface area contributed by atoms with Gasteiger partial charge in [-0.05, 0) is 42.5 Å². The molecular formula is C16H25NO3. The minimum Gasteiger partial charge on any atom is -0.497 e. The van der Waals surface area contributed by atoms with E-state index in [1.807, 2.05) is 24.3 Å². The van der Waals surface area contributed by atoms with Crippen LogP contribution in [0.1, 0.15) is 38.7 Å². The van der Waals surface area contributed by atoms with Gasteiger partial charge in [-0.15, -0.1) is 0 Å². The quantitative estimate of drug-likeness (QED) is 0.743. The molecule has 0 fully saturated rings. The van der Waals surface area contributed by atoms with Gasteiger partial charge in [0.15, 0.2) is 0 Å². The molecule has 0 unspecified atom stereocenters. The third-order valence-electron chi connectivity index (χ3n) is 3.39. The summed E-state index contributed by atoms with van der Waals surface area (Å²) in [5.41, 5.74) is 6.60. The average molecular weight is 279 g/mol. The van der Waals surface area contributed by atoms with Gasteiger partial charge >= 0.3 is 5.97 Å². The van der Waals surface area contributed by atoms with Crippen LogP contribution in [0.15, 0.2) is 24.3 Å². The van der Waals surface area contributed by atoms with Crippen LogP contribution in [0.4, 0.5) is 0 Å². The third kappa shape index (κ3) is 6.06. The molecule has 0 saturated heterocycles. The van der Waals surface area contributed by atoms with Crippen LogP contribution in [0, 0.1) is 5.41 Å². The second-order valence-corrected chi connectivity index (χ2v) is 5.71. The molecule has 0 aromatic heterocycles. The van der Waals surface area contributed by atoms with Crippen molar-refractivity contribution in [3.63, 3.8) is 0 Å². The summed E-state index contributed by atoms with van der Waals surface area (Å²) in [6.07, 6.45) is 2.15. The van der Waals surface area contributed by atoms with Crippen LogP contribution in [-0.2, 0) is 16.1 Å². The van der Waals surface area contributed by atoms with E-state index in [0.29, 0.717) is 19.6 Å². The predicted molar refractivity (Wildman–Crippen MR) is 79.5 cm³/mol. The van der Waals surface area contributed by atoms with Crippen LogP contribution in [0.5, 0.6) is 5.75 Å². The highest BCUT2D eigenvalue weighted by Gasteiger charge is 2.18. The molecule has 4 heteroatoms. The molecule has 20 heavy (non-hydrogen) atoms. The number of methoxy groups -OCH3 is 1. The Balaban J connectivity index is 2.32. The lowest BCUT2D eigenvalue weighted by Crippen LogP contribution is -2.19. The predicted octanol–water partition coefficient (Wildman–Crippen LogP) is 2.89. The van der Waals surface area contributed by atoms with Crippen LogP contribution in [0.25, 0.3) is 0 Å². The molecule has 0 aliphatic carbocycles. The lowest BCUT2D eigenvalue weighted by atomic mass is 9.84. The Labute approximate surface area is 121 Å². The molecule has 0 atom stereocenters. The van der Waals surface area contributed by atoms with Gasteiger partial charge in [0, 0.05) is 6.42 Å². The summed E-state index contributed by atoms with van der Waals surface area (Å²) in [5, 5.41) is 0. The van der Waals surface area contributed by atoms with Crippen molar-refractivity contribution >= 4 is 5.97 Å². The summed E-state index contributed by atoms with van der Waals surface area (Å²) in [5.74, 6) is 0.634. The van der Waals surface area contributed by atoms with Gasteiger partial charge in [0.25, 0.3) is 0 Å². The molecule has 112 valence electrons. The molecule has 1 aromatic rings. The zero-order valence-electron chi connectivity index (χ0n) is 12.6. The number of hydrogen-bond acceptors (Lipinski definition) is 4. The average Bonchev–Trinajstić information content (AvgIpc) is 2.43. The molecule has 1 rings (SSSR count). The van der Waals surface area contributed by atoms with Crippen molar-refractivity contribution in [3.8, 4) is 5.75 Å². The first-order chi connectivity index (χ1) is 9.46. The molecule has 0 aliphatic rings. The van der Waals surface area contributed by atoms with E-state index in [0.717, 1.165) is 24.2 Å². The second kappa shape index (κ2) is 7.90. The van der Waals surface area contributed by atoms with Gasteiger partial charge in [0.05, 0.1) is 7.11 Å². The van der Waals surface area contributed by atoms with Crippen molar-refractivity contribution in [2.45, 2.75) is 39.7 Å². The molecule has 0 radical (unpaired) electrons. The highest BCUT2D eigenvalue weighted by molar-refractivity contribution is 5.69. The van der Waals surface area contributed by atoms with Crippen molar-refractivity contribution in [1.29, 1.82) is 0 Å². The normalized spacial score (nSPS) is 11.2. The molecule has 0 bridgehead atoms. The Hall–Kier alpha value is -1.55. The molecule has 0 amide bonds. The van der Waals surface area contributed by atoms with Gasteiger partial charge in [0.1, 0.15) is 12.4 Å². The third-order valence-corrected chi connectivity index (χ3v) is 3.39. The Kier molecular flexibility index (Phi) is 6.52. The van der Waals surface area contributed by atoms with E-state index >= 15 is 0 Å². The fourth-order valence-electron chi connectivity index (χ4n) is 1.91. The van der Waals surface area contributed by atoms with Crippen LogP contribution >= 0.6 is 0 Å². The zero-order valence-corrected chi connectivity index (χ0v) is 12.6. The Bertz CT molecular complexity index is 412. The van der Waals surface area contributed by atoms with Crippen LogP contribution in [-0.4, -0.2) is 19.6 Å². The topological polar surface area (TPSA) is 61.5 Å². The van der Waals surface area contributed by atoms with E-state index < -0.39 is 0 Å². The van der Waals surface area contributed by atoms with E-state index in [1.54, 1.807) is 7.11 Å². The maximum absolute atomic E-state index is 11.7. The molecule has 0 heterocycles. The highest BCUT2D eigenvalue weighted by Crippen LogP contribution is 2.26. The van der Waals surface area contributed by atoms with Crippen LogP contribution in [0.3, 0.4) is 0 Å². The van der Waals surface area contributed by atoms with Gasteiger partial charge in [0.2, 0.25) is 0 Å². The van der Waals surface area contributed by atoms with E-state index in [9.17, 15) is 4.79 Å². The van der Waals surface area contributed by atoms with Crippen molar-refractivity contribution in [2.75, 3.05) is 13.7 Å². The SMILES string of the molecule is COc1ccc(COC(=O)CCC(C)(C)CCN)cc1. The fraction of sp³-hybridized carbons (Fsp3) is 0.562. The first kappa shape index (κ1) is 16.5. The summed E-state index contributed by atoms with van der Waals surface area (Å²) in [7, 11) is 1.62. The summed E-state index contributed by atoms with van der Waals surface area (Å²) < 4.78 is 10.3. The minimum absolute atomic E-state index is 0.0912. The van der Waals surface area contributed by atoms with Gasteiger partial charge in [-0.1, -0.05) is 26.0 Å².